The van der Waals surface area contributed by atoms with Gasteiger partial charge in [-0.25, -0.2) is 4.79 Å². The third kappa shape index (κ3) is 3.80. The highest BCUT2D eigenvalue weighted by Crippen LogP contribution is 2.36. The lowest BCUT2D eigenvalue weighted by molar-refractivity contribution is -0.136. The summed E-state index contributed by atoms with van der Waals surface area (Å²) >= 11 is 15.4. The van der Waals surface area contributed by atoms with E-state index in [1.165, 1.54) is 18.1 Å². The molecule has 0 atom stereocenters. The molecular formula is C14H13BrCl2N2O4. The van der Waals surface area contributed by atoms with E-state index in [-0.39, 0.29) is 36.0 Å². The number of β-amino-alcohol motifs (C(OH)–C–C–N with tert-alkyl or cyclic N) is 1. The molecule has 9 heteroatoms. The number of halogens is 3. The van der Waals surface area contributed by atoms with Crippen LogP contribution in [0.3, 0.4) is 0 Å². The molecule has 0 bridgehead atoms. The number of hydrogen-bond donors (Lipinski definition) is 2. The van der Waals surface area contributed by atoms with E-state index < -0.39 is 11.9 Å². The molecule has 1 aliphatic rings. The molecule has 1 aliphatic heterocycles. The van der Waals surface area contributed by atoms with Gasteiger partial charge in [0.05, 0.1) is 36.5 Å². The molecule has 2 rings (SSSR count). The first-order valence-electron chi connectivity index (χ1n) is 6.52. The number of anilines is 1. The predicted molar refractivity (Wildman–Crippen MR) is 90.5 cm³/mol. The number of carbonyl (C=O) groups is 2. The van der Waals surface area contributed by atoms with E-state index >= 15 is 0 Å². The van der Waals surface area contributed by atoms with E-state index in [1.807, 2.05) is 0 Å². The average molecular weight is 424 g/mol. The van der Waals surface area contributed by atoms with Crippen molar-refractivity contribution in [3.63, 3.8) is 0 Å². The van der Waals surface area contributed by atoms with E-state index in [2.05, 4.69) is 21.2 Å². The van der Waals surface area contributed by atoms with Gasteiger partial charge in [0.15, 0.2) is 0 Å². The number of ether oxygens (including phenoxy) is 1. The summed E-state index contributed by atoms with van der Waals surface area (Å²) in [5.74, 6) is -1.04. The second-order valence-electron chi connectivity index (χ2n) is 4.66. The van der Waals surface area contributed by atoms with Crippen molar-refractivity contribution in [1.82, 2.24) is 4.90 Å². The van der Waals surface area contributed by atoms with Gasteiger partial charge in [0.1, 0.15) is 5.70 Å². The first-order valence-corrected chi connectivity index (χ1v) is 8.07. The number of amides is 1. The zero-order valence-electron chi connectivity index (χ0n) is 12.0. The van der Waals surface area contributed by atoms with Crippen LogP contribution < -0.4 is 5.32 Å². The number of nitrogens with zero attached hydrogens (tertiary/aromatic N) is 1. The van der Waals surface area contributed by atoms with E-state index in [9.17, 15) is 9.59 Å². The predicted octanol–water partition coefficient (Wildman–Crippen LogP) is 2.43. The zero-order chi connectivity index (χ0) is 17.1. The molecule has 1 aromatic rings. The van der Waals surface area contributed by atoms with Crippen molar-refractivity contribution in [2.24, 2.45) is 0 Å². The van der Waals surface area contributed by atoms with Crippen LogP contribution in [0.1, 0.15) is 0 Å². The van der Waals surface area contributed by atoms with Gasteiger partial charge in [-0.1, -0.05) is 23.2 Å². The molecular weight excluding hydrogens is 411 g/mol. The second-order valence-corrected chi connectivity index (χ2v) is 6.36. The summed E-state index contributed by atoms with van der Waals surface area (Å²) in [6.07, 6.45) is 0. The number of esters is 1. The van der Waals surface area contributed by atoms with Crippen LogP contribution in [0.5, 0.6) is 0 Å². The molecule has 1 heterocycles. The summed E-state index contributed by atoms with van der Waals surface area (Å²) in [6, 6.07) is 3.12. The Morgan fingerprint density at radius 1 is 1.48 bits per heavy atom. The fourth-order valence-corrected chi connectivity index (χ4v) is 3.48. The average Bonchev–Trinajstić information content (AvgIpc) is 2.79. The van der Waals surface area contributed by atoms with Crippen molar-refractivity contribution in [3.05, 3.63) is 37.9 Å². The van der Waals surface area contributed by atoms with Crippen molar-refractivity contribution in [2.45, 2.75) is 0 Å². The van der Waals surface area contributed by atoms with Gasteiger partial charge in [0.25, 0.3) is 5.91 Å². The quantitative estimate of drug-likeness (QED) is 0.711. The Bertz CT molecular complexity index is 670. The molecule has 6 nitrogen and oxygen atoms in total. The Kier molecular flexibility index (Phi) is 5.91. The Balaban J connectivity index is 2.41. The standard InChI is InChI=1S/C14H13BrCl2N2O4/c1-23-14(22)8-6-19(2-3-20)13(21)11(8)18-12-9(15)4-7(16)5-10(12)17/h4-5,18,20H,2-3,6H2,1H3. The largest absolute Gasteiger partial charge is 0.466 e. The van der Waals surface area contributed by atoms with E-state index in [4.69, 9.17) is 33.0 Å². The molecule has 23 heavy (non-hydrogen) atoms. The fraction of sp³-hybridized carbons (Fsp3) is 0.286. The van der Waals surface area contributed by atoms with Crippen molar-refractivity contribution < 1.29 is 19.4 Å². The number of aliphatic hydroxyl groups is 1. The molecule has 0 spiro atoms. The summed E-state index contributed by atoms with van der Waals surface area (Å²) < 4.78 is 5.25. The third-order valence-corrected chi connectivity index (χ3v) is 4.35. The molecule has 1 aromatic carbocycles. The normalized spacial score (nSPS) is 14.5. The number of rotatable bonds is 5. The van der Waals surface area contributed by atoms with Crippen molar-refractivity contribution >= 4 is 56.7 Å². The van der Waals surface area contributed by atoms with Crippen molar-refractivity contribution in [1.29, 1.82) is 0 Å². The molecule has 0 saturated carbocycles. The molecule has 0 unspecified atom stereocenters. The van der Waals surface area contributed by atoms with Crippen LogP contribution in [-0.4, -0.2) is 48.7 Å². The van der Waals surface area contributed by atoms with Crippen LogP contribution >= 0.6 is 39.1 Å². The Morgan fingerprint density at radius 3 is 2.74 bits per heavy atom. The monoisotopic (exact) mass is 422 g/mol. The first-order chi connectivity index (χ1) is 10.9. The molecule has 124 valence electrons. The van der Waals surface area contributed by atoms with Crippen LogP contribution in [-0.2, 0) is 14.3 Å². The maximum atomic E-state index is 12.4. The second kappa shape index (κ2) is 7.53. The number of hydrogen-bond acceptors (Lipinski definition) is 5. The summed E-state index contributed by atoms with van der Waals surface area (Å²) in [7, 11) is 1.23. The topological polar surface area (TPSA) is 78.9 Å². The van der Waals surface area contributed by atoms with Gasteiger partial charge in [0, 0.05) is 16.0 Å². The SMILES string of the molecule is COC(=O)C1=C(Nc2c(Cl)cc(Cl)cc2Br)C(=O)N(CCO)C1. The Labute approximate surface area is 151 Å². The first kappa shape index (κ1) is 18.1. The van der Waals surface area contributed by atoms with Gasteiger partial charge in [-0.05, 0) is 28.1 Å². The van der Waals surface area contributed by atoms with Crippen LogP contribution in [0.15, 0.2) is 27.9 Å². The minimum Gasteiger partial charge on any atom is -0.466 e. The number of carbonyl (C=O) groups excluding carboxylic acids is 2. The van der Waals surface area contributed by atoms with Gasteiger partial charge >= 0.3 is 5.97 Å². The van der Waals surface area contributed by atoms with E-state index in [0.29, 0.717) is 15.2 Å². The van der Waals surface area contributed by atoms with Crippen LogP contribution in [0.4, 0.5) is 5.69 Å². The Morgan fingerprint density at radius 2 is 2.17 bits per heavy atom. The smallest absolute Gasteiger partial charge is 0.337 e. The summed E-state index contributed by atoms with van der Waals surface area (Å²) in [5.41, 5.74) is 0.644. The van der Waals surface area contributed by atoms with Crippen LogP contribution in [0, 0.1) is 0 Å². The van der Waals surface area contributed by atoms with Crippen molar-refractivity contribution in [2.75, 3.05) is 32.1 Å². The van der Waals surface area contributed by atoms with Gasteiger partial charge in [-0.2, -0.15) is 0 Å². The van der Waals surface area contributed by atoms with Gasteiger partial charge in [-0.15, -0.1) is 0 Å². The summed E-state index contributed by atoms with van der Waals surface area (Å²) in [4.78, 5) is 25.7. The van der Waals surface area contributed by atoms with Gasteiger partial charge in [0.2, 0.25) is 0 Å². The van der Waals surface area contributed by atoms with E-state index in [0.717, 1.165) is 0 Å². The molecule has 1 amide bonds. The zero-order valence-corrected chi connectivity index (χ0v) is 15.1. The van der Waals surface area contributed by atoms with Gasteiger partial charge in [-0.3, -0.25) is 4.79 Å². The maximum Gasteiger partial charge on any atom is 0.337 e. The molecule has 0 fully saturated rings. The number of aliphatic hydroxyl groups excluding tert-OH is 1. The molecule has 0 aliphatic carbocycles. The molecule has 0 radical (unpaired) electrons. The minimum atomic E-state index is -0.623. The Hall–Kier alpha value is -1.28. The highest BCUT2D eigenvalue weighted by atomic mass is 79.9. The molecule has 0 saturated heterocycles. The highest BCUT2D eigenvalue weighted by Gasteiger charge is 2.35. The highest BCUT2D eigenvalue weighted by molar-refractivity contribution is 9.10. The lowest BCUT2D eigenvalue weighted by atomic mass is 10.2. The molecule has 0 aromatic heterocycles. The van der Waals surface area contributed by atoms with E-state index in [1.54, 1.807) is 6.07 Å². The summed E-state index contributed by atoms with van der Waals surface area (Å²) in [5, 5.41) is 12.6. The minimum absolute atomic E-state index is 0.0528. The molecule has 2 N–H and O–H groups in total. The van der Waals surface area contributed by atoms with Crippen LogP contribution in [0.2, 0.25) is 10.0 Å². The number of benzene rings is 1. The number of nitrogens with one attached hydrogen (secondary N) is 1. The fourth-order valence-electron chi connectivity index (χ4n) is 2.14. The lowest BCUT2D eigenvalue weighted by Crippen LogP contribution is -2.31. The van der Waals surface area contributed by atoms with Gasteiger partial charge < -0.3 is 20.1 Å². The maximum absolute atomic E-state index is 12.4. The van der Waals surface area contributed by atoms with Crippen molar-refractivity contribution in [3.8, 4) is 0 Å². The number of methoxy groups -OCH3 is 1. The third-order valence-electron chi connectivity index (χ3n) is 3.21. The lowest BCUT2D eigenvalue weighted by Gasteiger charge is -2.16. The van der Waals surface area contributed by atoms with Crippen LogP contribution in [0.25, 0.3) is 0 Å². The summed E-state index contributed by atoms with van der Waals surface area (Å²) in [6.45, 7) is -0.0455.